The molecule has 5 aromatic carbocycles. The van der Waals surface area contributed by atoms with Gasteiger partial charge in [-0.2, -0.15) is 0 Å². The number of nitro benzene ring substituents is 1. The fourth-order valence-electron chi connectivity index (χ4n) is 4.86. The summed E-state index contributed by atoms with van der Waals surface area (Å²) in [4.78, 5) is 34.1. The Morgan fingerprint density at radius 3 is 2.40 bits per heavy atom. The third-order valence-electron chi connectivity index (χ3n) is 7.04. The average molecular weight is 699 g/mol. The lowest BCUT2D eigenvalue weighted by Crippen LogP contribution is -2.24. The summed E-state index contributed by atoms with van der Waals surface area (Å²) >= 11 is 16.4. The number of para-hydroxylation sites is 2. The number of nitrogens with zero attached hydrogens (tertiary/aromatic N) is 4. The molecule has 45 heavy (non-hydrogen) atoms. The molecule has 8 nitrogen and oxygen atoms in total. The van der Waals surface area contributed by atoms with Gasteiger partial charge in [0.1, 0.15) is 5.82 Å². The summed E-state index contributed by atoms with van der Waals surface area (Å²) in [6.07, 6.45) is 1.88. The lowest BCUT2D eigenvalue weighted by Gasteiger charge is -2.17. The van der Waals surface area contributed by atoms with Crippen molar-refractivity contribution in [2.75, 3.05) is 5.32 Å². The first kappa shape index (κ1) is 30.2. The summed E-state index contributed by atoms with van der Waals surface area (Å²) in [5.74, 6) is 0.530. The molecule has 0 aliphatic carbocycles. The quantitative estimate of drug-likeness (QED) is 0.0969. The molecule has 0 spiro atoms. The van der Waals surface area contributed by atoms with Crippen LogP contribution in [0.5, 0.6) is 0 Å². The number of benzene rings is 5. The minimum absolute atomic E-state index is 0.0108. The Labute approximate surface area is 275 Å². The molecule has 0 bridgehead atoms. The molecular formula is C34H22BrCl2N5O3. The first-order chi connectivity index (χ1) is 21.8. The number of aromatic nitrogens is 2. The Morgan fingerprint density at radius 2 is 1.64 bits per heavy atom. The number of halogens is 3. The Bertz CT molecular complexity index is 2150. The minimum Gasteiger partial charge on any atom is -0.353 e. The summed E-state index contributed by atoms with van der Waals surface area (Å²) in [6.45, 7) is 0. The SMILES string of the molecule is O=c1c2cc(Br)ccc2nc(Cc2ccccc2Nc2c(Cl)cccc2Cl)n1-c1ccc(N=Cc2cccc([N+](=O)[O-])c2)cc1. The molecule has 1 heterocycles. The summed E-state index contributed by atoms with van der Waals surface area (Å²) in [5, 5.41) is 15.9. The van der Waals surface area contributed by atoms with E-state index in [4.69, 9.17) is 28.2 Å². The van der Waals surface area contributed by atoms with Gasteiger partial charge < -0.3 is 5.32 Å². The third kappa shape index (κ3) is 6.66. The van der Waals surface area contributed by atoms with Crippen molar-refractivity contribution in [2.24, 2.45) is 4.99 Å². The summed E-state index contributed by atoms with van der Waals surface area (Å²) in [5.41, 5.74) is 4.41. The molecule has 1 N–H and O–H groups in total. The number of hydrogen-bond acceptors (Lipinski definition) is 6. The highest BCUT2D eigenvalue weighted by Gasteiger charge is 2.16. The standard InChI is InChI=1S/C34H22BrCl2N5O3/c35-23-11-16-31-27(19-23)34(43)41(25-14-12-24(13-15-25)38-20-21-5-3-7-26(17-21)42(44)45)32(39-31)18-22-6-1-2-10-30(22)40-33-28(36)8-4-9-29(33)37/h1-17,19-20,40H,18H2. The monoisotopic (exact) mass is 697 g/mol. The summed E-state index contributed by atoms with van der Waals surface area (Å²) < 4.78 is 2.37. The van der Waals surface area contributed by atoms with Crippen LogP contribution in [0.2, 0.25) is 10.0 Å². The molecule has 0 saturated heterocycles. The van der Waals surface area contributed by atoms with Crippen LogP contribution in [-0.2, 0) is 6.42 Å². The molecule has 0 aliphatic rings. The number of fused-ring (bicyclic) bond motifs is 1. The maximum Gasteiger partial charge on any atom is 0.270 e. The number of rotatable bonds is 8. The third-order valence-corrected chi connectivity index (χ3v) is 8.16. The van der Waals surface area contributed by atoms with Crippen LogP contribution in [0.4, 0.5) is 22.7 Å². The van der Waals surface area contributed by atoms with Crippen molar-refractivity contribution in [3.63, 3.8) is 0 Å². The van der Waals surface area contributed by atoms with E-state index >= 15 is 0 Å². The molecule has 0 saturated carbocycles. The highest BCUT2D eigenvalue weighted by atomic mass is 79.9. The van der Waals surface area contributed by atoms with Crippen LogP contribution in [0.3, 0.4) is 0 Å². The Morgan fingerprint density at radius 1 is 0.911 bits per heavy atom. The molecule has 0 unspecified atom stereocenters. The zero-order chi connectivity index (χ0) is 31.5. The van der Waals surface area contributed by atoms with Crippen molar-refractivity contribution in [3.05, 3.63) is 161 Å². The van der Waals surface area contributed by atoms with E-state index in [9.17, 15) is 14.9 Å². The molecular weight excluding hydrogens is 677 g/mol. The van der Waals surface area contributed by atoms with E-state index < -0.39 is 4.92 Å². The summed E-state index contributed by atoms with van der Waals surface area (Å²) in [6, 6.07) is 31.8. The molecule has 0 fully saturated rings. The van der Waals surface area contributed by atoms with Gasteiger partial charge in [0, 0.05) is 34.9 Å². The Balaban J connectivity index is 1.39. The van der Waals surface area contributed by atoms with Gasteiger partial charge in [0.25, 0.3) is 11.2 Å². The van der Waals surface area contributed by atoms with Gasteiger partial charge in [-0.1, -0.05) is 75.5 Å². The van der Waals surface area contributed by atoms with Gasteiger partial charge in [-0.05, 0) is 71.8 Å². The van der Waals surface area contributed by atoms with Crippen LogP contribution in [0.25, 0.3) is 16.6 Å². The number of aliphatic imine (C=N–C) groups is 1. The number of hydrogen-bond donors (Lipinski definition) is 1. The number of non-ortho nitro benzene ring substituents is 1. The maximum atomic E-state index is 14.0. The predicted octanol–water partition coefficient (Wildman–Crippen LogP) is 9.45. The van der Waals surface area contributed by atoms with Crippen molar-refractivity contribution in [1.29, 1.82) is 0 Å². The molecule has 11 heteroatoms. The van der Waals surface area contributed by atoms with Crippen LogP contribution in [-0.4, -0.2) is 20.7 Å². The van der Waals surface area contributed by atoms with Crippen molar-refractivity contribution >= 4 is 79.0 Å². The highest BCUT2D eigenvalue weighted by molar-refractivity contribution is 9.10. The van der Waals surface area contributed by atoms with Crippen LogP contribution < -0.4 is 10.9 Å². The Kier molecular flexibility index (Phi) is 8.75. The second-order valence-corrected chi connectivity index (χ2v) is 11.7. The second kappa shape index (κ2) is 13.0. The topological polar surface area (TPSA) is 102 Å². The lowest BCUT2D eigenvalue weighted by molar-refractivity contribution is -0.384. The van der Waals surface area contributed by atoms with Gasteiger partial charge in [0.05, 0.1) is 42.9 Å². The van der Waals surface area contributed by atoms with Gasteiger partial charge in [-0.3, -0.25) is 24.5 Å². The zero-order valence-electron chi connectivity index (χ0n) is 23.3. The van der Waals surface area contributed by atoms with Gasteiger partial charge in [-0.15, -0.1) is 0 Å². The zero-order valence-corrected chi connectivity index (χ0v) is 26.4. The van der Waals surface area contributed by atoms with E-state index in [1.807, 2.05) is 36.4 Å². The van der Waals surface area contributed by atoms with Crippen molar-refractivity contribution < 1.29 is 4.92 Å². The number of anilines is 2. The predicted molar refractivity (Wildman–Crippen MR) is 184 cm³/mol. The van der Waals surface area contributed by atoms with E-state index in [-0.39, 0.29) is 11.2 Å². The molecule has 6 aromatic rings. The molecule has 0 radical (unpaired) electrons. The van der Waals surface area contributed by atoms with Crippen LogP contribution in [0, 0.1) is 10.1 Å². The van der Waals surface area contributed by atoms with Gasteiger partial charge in [0.15, 0.2) is 0 Å². The molecule has 1 aromatic heterocycles. The van der Waals surface area contributed by atoms with E-state index in [2.05, 4.69) is 26.2 Å². The van der Waals surface area contributed by atoms with E-state index in [0.29, 0.717) is 55.8 Å². The molecule has 0 atom stereocenters. The fourth-order valence-corrected chi connectivity index (χ4v) is 5.72. The van der Waals surface area contributed by atoms with Gasteiger partial charge in [0.2, 0.25) is 0 Å². The molecule has 0 aliphatic heterocycles. The molecule has 222 valence electrons. The van der Waals surface area contributed by atoms with Crippen LogP contribution >= 0.6 is 39.1 Å². The molecule has 0 amide bonds. The molecule has 6 rings (SSSR count). The normalized spacial score (nSPS) is 11.3. The van der Waals surface area contributed by atoms with Crippen molar-refractivity contribution in [3.8, 4) is 5.69 Å². The van der Waals surface area contributed by atoms with Gasteiger partial charge in [-0.25, -0.2) is 4.98 Å². The number of nitrogens with one attached hydrogen (secondary N) is 1. The fraction of sp³-hybridized carbons (Fsp3) is 0.0294. The first-order valence-electron chi connectivity index (χ1n) is 13.7. The second-order valence-electron chi connectivity index (χ2n) is 10.0. The van der Waals surface area contributed by atoms with Crippen LogP contribution in [0.1, 0.15) is 17.0 Å². The summed E-state index contributed by atoms with van der Waals surface area (Å²) in [7, 11) is 0. The largest absolute Gasteiger partial charge is 0.353 e. The van der Waals surface area contributed by atoms with Crippen LogP contribution in [0.15, 0.2) is 123 Å². The maximum absolute atomic E-state index is 14.0. The van der Waals surface area contributed by atoms with E-state index in [0.717, 1.165) is 15.7 Å². The highest BCUT2D eigenvalue weighted by Crippen LogP contribution is 2.34. The smallest absolute Gasteiger partial charge is 0.270 e. The van der Waals surface area contributed by atoms with Crippen molar-refractivity contribution in [2.45, 2.75) is 6.42 Å². The van der Waals surface area contributed by atoms with Crippen molar-refractivity contribution in [1.82, 2.24) is 9.55 Å². The van der Waals surface area contributed by atoms with E-state index in [1.165, 1.54) is 12.1 Å². The lowest BCUT2D eigenvalue weighted by atomic mass is 10.1. The first-order valence-corrected chi connectivity index (χ1v) is 15.2. The minimum atomic E-state index is -0.446. The van der Waals surface area contributed by atoms with E-state index in [1.54, 1.807) is 71.4 Å². The number of nitro groups is 1. The Hall–Kier alpha value is -4.83. The van der Waals surface area contributed by atoms with Gasteiger partial charge >= 0.3 is 0 Å². The average Bonchev–Trinajstić information content (AvgIpc) is 3.04.